The highest BCUT2D eigenvalue weighted by Crippen LogP contribution is 2.43. The Labute approximate surface area is 179 Å². The summed E-state index contributed by atoms with van der Waals surface area (Å²) in [4.78, 5) is 2.51. The lowest BCUT2D eigenvalue weighted by atomic mass is 9.72. The molecule has 1 heterocycles. The van der Waals surface area contributed by atoms with Crippen molar-refractivity contribution in [3.8, 4) is 5.75 Å². The quantitative estimate of drug-likeness (QED) is 0.591. The van der Waals surface area contributed by atoms with E-state index in [2.05, 4.69) is 29.2 Å². The molecule has 0 radical (unpaired) electrons. The van der Waals surface area contributed by atoms with Crippen molar-refractivity contribution in [2.45, 2.75) is 30.8 Å². The van der Waals surface area contributed by atoms with Crippen molar-refractivity contribution in [2.24, 2.45) is 0 Å². The molecule has 1 N–H and O–H groups in total. The summed E-state index contributed by atoms with van der Waals surface area (Å²) >= 11 is 0. The Morgan fingerprint density at radius 1 is 0.800 bits per heavy atom. The summed E-state index contributed by atoms with van der Waals surface area (Å²) in [6.07, 6.45) is 3.76. The molecule has 1 fully saturated rings. The summed E-state index contributed by atoms with van der Waals surface area (Å²) in [6.45, 7) is 3.01. The van der Waals surface area contributed by atoms with Crippen molar-refractivity contribution in [2.75, 3.05) is 26.7 Å². The first-order valence-corrected chi connectivity index (χ1v) is 10.9. The molecule has 1 aliphatic rings. The van der Waals surface area contributed by atoms with Crippen LogP contribution in [0.2, 0.25) is 0 Å². The molecular weight excluding hydrogens is 370 g/mol. The fourth-order valence-corrected chi connectivity index (χ4v) is 4.67. The van der Waals surface area contributed by atoms with E-state index >= 15 is 0 Å². The molecule has 0 saturated carbocycles. The van der Waals surface area contributed by atoms with E-state index in [1.54, 1.807) is 7.11 Å². The summed E-state index contributed by atoms with van der Waals surface area (Å²) in [6, 6.07) is 28.4. The largest absolute Gasteiger partial charge is 0.497 e. The smallest absolute Gasteiger partial charge is 0.123 e. The van der Waals surface area contributed by atoms with E-state index in [9.17, 15) is 5.11 Å². The third kappa shape index (κ3) is 4.28. The molecule has 4 rings (SSSR count). The Morgan fingerprint density at radius 3 is 1.97 bits per heavy atom. The fourth-order valence-electron chi connectivity index (χ4n) is 4.67. The van der Waals surface area contributed by atoms with Gasteiger partial charge in [-0.25, -0.2) is 0 Å². The standard InChI is InChI=1S/C27H31NO2/c1-30-25-17-15-24(16-18-25)27(29,23-13-7-3-8-14-23)26(22-11-5-2-6-12-22)21-28-19-9-4-10-20-28/h2-3,5-8,11-18,26,29H,4,9-10,19-21H2,1H3. The second-order valence-electron chi connectivity index (χ2n) is 8.19. The molecule has 3 heteroatoms. The summed E-state index contributed by atoms with van der Waals surface area (Å²) in [5.74, 6) is 0.703. The van der Waals surface area contributed by atoms with Crippen LogP contribution >= 0.6 is 0 Å². The zero-order valence-electron chi connectivity index (χ0n) is 17.7. The molecule has 156 valence electrons. The fraction of sp³-hybridized carbons (Fsp3) is 0.333. The van der Waals surface area contributed by atoms with Crippen LogP contribution < -0.4 is 4.74 Å². The second kappa shape index (κ2) is 9.46. The Kier molecular flexibility index (Phi) is 6.51. The summed E-state index contributed by atoms with van der Waals surface area (Å²) in [7, 11) is 1.67. The number of piperidine rings is 1. The van der Waals surface area contributed by atoms with Gasteiger partial charge in [0.05, 0.1) is 7.11 Å². The van der Waals surface area contributed by atoms with Crippen LogP contribution in [-0.2, 0) is 5.60 Å². The van der Waals surface area contributed by atoms with Crippen molar-refractivity contribution >= 4 is 0 Å². The van der Waals surface area contributed by atoms with E-state index in [-0.39, 0.29) is 5.92 Å². The third-order valence-corrected chi connectivity index (χ3v) is 6.34. The lowest BCUT2D eigenvalue weighted by Crippen LogP contribution is -2.43. The van der Waals surface area contributed by atoms with E-state index in [0.29, 0.717) is 0 Å². The molecule has 0 spiro atoms. The Morgan fingerprint density at radius 2 is 1.37 bits per heavy atom. The lowest BCUT2D eigenvalue weighted by Gasteiger charge is -2.41. The molecule has 0 aliphatic carbocycles. The molecule has 3 aromatic rings. The van der Waals surface area contributed by atoms with Crippen molar-refractivity contribution in [3.05, 3.63) is 102 Å². The van der Waals surface area contributed by atoms with E-state index < -0.39 is 5.60 Å². The maximum Gasteiger partial charge on any atom is 0.123 e. The number of ether oxygens (including phenoxy) is 1. The molecule has 1 saturated heterocycles. The number of likely N-dealkylation sites (tertiary alicyclic amines) is 1. The Hall–Kier alpha value is -2.62. The molecule has 3 aromatic carbocycles. The van der Waals surface area contributed by atoms with Crippen LogP contribution in [0.5, 0.6) is 5.75 Å². The molecule has 0 aromatic heterocycles. The van der Waals surface area contributed by atoms with Crippen LogP contribution in [0.1, 0.15) is 41.9 Å². The molecule has 30 heavy (non-hydrogen) atoms. The maximum absolute atomic E-state index is 12.5. The van der Waals surface area contributed by atoms with E-state index in [1.807, 2.05) is 60.7 Å². The van der Waals surface area contributed by atoms with Crippen LogP contribution in [-0.4, -0.2) is 36.8 Å². The molecule has 3 nitrogen and oxygen atoms in total. The van der Waals surface area contributed by atoms with Gasteiger partial charge >= 0.3 is 0 Å². The molecule has 0 bridgehead atoms. The van der Waals surface area contributed by atoms with Crippen molar-refractivity contribution < 1.29 is 9.84 Å². The lowest BCUT2D eigenvalue weighted by molar-refractivity contribution is 0.0310. The van der Waals surface area contributed by atoms with Gasteiger partial charge in [0.1, 0.15) is 11.4 Å². The van der Waals surface area contributed by atoms with Crippen molar-refractivity contribution in [3.63, 3.8) is 0 Å². The number of hydrogen-bond donors (Lipinski definition) is 1. The van der Waals surface area contributed by atoms with E-state index in [1.165, 1.54) is 19.3 Å². The molecule has 2 atom stereocenters. The normalized spacial score (nSPS) is 17.8. The zero-order valence-corrected chi connectivity index (χ0v) is 17.7. The maximum atomic E-state index is 12.5. The average Bonchev–Trinajstić information content (AvgIpc) is 2.84. The van der Waals surface area contributed by atoms with Crippen LogP contribution in [0.3, 0.4) is 0 Å². The molecule has 2 unspecified atom stereocenters. The van der Waals surface area contributed by atoms with Gasteiger partial charge in [0.25, 0.3) is 0 Å². The van der Waals surface area contributed by atoms with Crippen LogP contribution in [0.25, 0.3) is 0 Å². The molecule has 0 amide bonds. The number of methoxy groups -OCH3 is 1. The van der Waals surface area contributed by atoms with Crippen molar-refractivity contribution in [1.29, 1.82) is 0 Å². The number of rotatable bonds is 7. The van der Waals surface area contributed by atoms with Gasteiger partial charge in [0.2, 0.25) is 0 Å². The average molecular weight is 402 g/mol. The first kappa shape index (κ1) is 20.6. The minimum absolute atomic E-state index is 0.0902. The van der Waals surface area contributed by atoms with Crippen LogP contribution in [0.4, 0.5) is 0 Å². The van der Waals surface area contributed by atoms with E-state index in [4.69, 9.17) is 4.74 Å². The molecule has 1 aliphatic heterocycles. The van der Waals surface area contributed by atoms with Gasteiger partial charge in [0, 0.05) is 12.5 Å². The first-order chi connectivity index (χ1) is 14.7. The summed E-state index contributed by atoms with van der Waals surface area (Å²) in [5.41, 5.74) is 1.82. The number of aliphatic hydroxyl groups is 1. The summed E-state index contributed by atoms with van der Waals surface area (Å²) in [5, 5.41) is 12.5. The highest BCUT2D eigenvalue weighted by atomic mass is 16.5. The predicted molar refractivity (Wildman–Crippen MR) is 122 cm³/mol. The highest BCUT2D eigenvalue weighted by molar-refractivity contribution is 5.43. The van der Waals surface area contributed by atoms with Crippen molar-refractivity contribution in [1.82, 2.24) is 4.90 Å². The monoisotopic (exact) mass is 401 g/mol. The van der Waals surface area contributed by atoms with Gasteiger partial charge in [-0.15, -0.1) is 0 Å². The van der Waals surface area contributed by atoms with Gasteiger partial charge in [0.15, 0.2) is 0 Å². The van der Waals surface area contributed by atoms with Gasteiger partial charge in [-0.1, -0.05) is 79.2 Å². The highest BCUT2D eigenvalue weighted by Gasteiger charge is 2.42. The SMILES string of the molecule is COc1ccc(C(O)(c2ccccc2)C(CN2CCCCC2)c2ccccc2)cc1. The topological polar surface area (TPSA) is 32.7 Å². The second-order valence-corrected chi connectivity index (χ2v) is 8.19. The Balaban J connectivity index is 1.83. The van der Waals surface area contributed by atoms with Gasteiger partial charge in [-0.2, -0.15) is 0 Å². The number of nitrogens with zero attached hydrogens (tertiary/aromatic N) is 1. The van der Waals surface area contributed by atoms with Crippen LogP contribution in [0.15, 0.2) is 84.9 Å². The van der Waals surface area contributed by atoms with Gasteiger partial charge in [-0.05, 0) is 54.8 Å². The Bertz CT molecular complexity index is 905. The van der Waals surface area contributed by atoms with Gasteiger partial charge < -0.3 is 14.7 Å². The molecular formula is C27H31NO2. The van der Waals surface area contributed by atoms with Crippen LogP contribution in [0, 0.1) is 0 Å². The third-order valence-electron chi connectivity index (χ3n) is 6.34. The zero-order chi connectivity index (χ0) is 20.8. The summed E-state index contributed by atoms with van der Waals surface area (Å²) < 4.78 is 5.36. The first-order valence-electron chi connectivity index (χ1n) is 10.9. The van der Waals surface area contributed by atoms with Gasteiger partial charge in [-0.3, -0.25) is 0 Å². The minimum atomic E-state index is -1.15. The predicted octanol–water partition coefficient (Wildman–Crippen LogP) is 5.20. The number of hydrogen-bond acceptors (Lipinski definition) is 3. The minimum Gasteiger partial charge on any atom is -0.497 e. The number of benzene rings is 3. The van der Waals surface area contributed by atoms with E-state index in [0.717, 1.165) is 42.1 Å².